The number of carbonyl (C=O) groups is 1. The molecule has 3 rings (SSSR count). The summed E-state index contributed by atoms with van der Waals surface area (Å²) >= 11 is 0. The number of ether oxygens (including phenoxy) is 1. The van der Waals surface area contributed by atoms with Crippen LogP contribution in [-0.2, 0) is 9.53 Å². The third-order valence-electron chi connectivity index (χ3n) is 5.83. The molecule has 1 saturated carbocycles. The van der Waals surface area contributed by atoms with Crippen molar-refractivity contribution in [2.45, 2.75) is 39.7 Å². The van der Waals surface area contributed by atoms with Gasteiger partial charge in [0.2, 0.25) is 0 Å². The summed E-state index contributed by atoms with van der Waals surface area (Å²) in [5.74, 6) is -0.351. The zero-order valence-corrected chi connectivity index (χ0v) is 11.8. The average Bonchev–Trinajstić information content (AvgIpc) is 2.80. The van der Waals surface area contributed by atoms with E-state index in [0.717, 1.165) is 18.4 Å². The predicted octanol–water partition coefficient (Wildman–Crippen LogP) is 1.27. The maximum Gasteiger partial charge on any atom is 0.335 e. The standard InChI is InChI=1S/C15H22O4/c1-13(2)7-14(3)8-19-12(18)11(17)15(14)9(6-16)4-5-10(13)15/h4,10-11,16-17H,5-8H2,1-3H3/t10-,11?,14+,15-/m0/s1. The SMILES string of the molecule is CC1(C)C[C@]2(C)COC(=O)C(O)[C@@]23C(CO)=CC[C@@H]13. The number of aliphatic hydroxyl groups excluding tert-OH is 2. The molecule has 3 aliphatic rings. The van der Waals surface area contributed by atoms with Crippen molar-refractivity contribution >= 4 is 5.97 Å². The van der Waals surface area contributed by atoms with Crippen molar-refractivity contribution < 1.29 is 19.7 Å². The fourth-order valence-corrected chi connectivity index (χ4v) is 5.41. The first kappa shape index (κ1) is 13.1. The zero-order chi connectivity index (χ0) is 14.1. The molecule has 1 heterocycles. The van der Waals surface area contributed by atoms with Crippen molar-refractivity contribution in [1.29, 1.82) is 0 Å². The maximum absolute atomic E-state index is 11.9. The van der Waals surface area contributed by atoms with Gasteiger partial charge in [0, 0.05) is 10.8 Å². The highest BCUT2D eigenvalue weighted by molar-refractivity contribution is 5.78. The quantitative estimate of drug-likeness (QED) is 0.554. The van der Waals surface area contributed by atoms with E-state index in [1.165, 1.54) is 0 Å². The summed E-state index contributed by atoms with van der Waals surface area (Å²) in [6.45, 7) is 6.70. The Kier molecular flexibility index (Phi) is 2.50. The summed E-state index contributed by atoms with van der Waals surface area (Å²) in [5.41, 5.74) is -0.0770. The lowest BCUT2D eigenvalue weighted by Gasteiger charge is -2.51. The highest BCUT2D eigenvalue weighted by atomic mass is 16.6. The van der Waals surface area contributed by atoms with Crippen LogP contribution in [0.5, 0.6) is 0 Å². The van der Waals surface area contributed by atoms with Gasteiger partial charge in [0.15, 0.2) is 6.10 Å². The van der Waals surface area contributed by atoms with Crippen LogP contribution in [0.2, 0.25) is 0 Å². The van der Waals surface area contributed by atoms with Crippen LogP contribution in [0.3, 0.4) is 0 Å². The molecule has 0 radical (unpaired) electrons. The smallest absolute Gasteiger partial charge is 0.335 e. The Morgan fingerprint density at radius 3 is 2.74 bits per heavy atom. The van der Waals surface area contributed by atoms with E-state index in [4.69, 9.17) is 4.74 Å². The molecule has 0 aromatic rings. The number of aliphatic hydroxyl groups is 2. The van der Waals surface area contributed by atoms with Gasteiger partial charge in [-0.1, -0.05) is 26.8 Å². The van der Waals surface area contributed by atoms with Crippen molar-refractivity contribution in [2.75, 3.05) is 13.2 Å². The van der Waals surface area contributed by atoms with Gasteiger partial charge < -0.3 is 14.9 Å². The van der Waals surface area contributed by atoms with Crippen LogP contribution in [0.4, 0.5) is 0 Å². The van der Waals surface area contributed by atoms with Gasteiger partial charge in [0.1, 0.15) is 0 Å². The Labute approximate surface area is 113 Å². The molecule has 0 aromatic carbocycles. The van der Waals surface area contributed by atoms with E-state index in [-0.39, 0.29) is 23.4 Å². The van der Waals surface area contributed by atoms with Gasteiger partial charge in [-0.15, -0.1) is 0 Å². The Hall–Kier alpha value is -0.870. The molecule has 2 fully saturated rings. The summed E-state index contributed by atoms with van der Waals surface area (Å²) in [6.07, 6.45) is 2.58. The summed E-state index contributed by atoms with van der Waals surface area (Å²) < 4.78 is 5.20. The first-order valence-electron chi connectivity index (χ1n) is 6.95. The molecule has 1 aliphatic heterocycles. The molecule has 4 atom stereocenters. The van der Waals surface area contributed by atoms with E-state index >= 15 is 0 Å². The number of allylic oxidation sites excluding steroid dienone is 1. The largest absolute Gasteiger partial charge is 0.463 e. The van der Waals surface area contributed by atoms with Crippen molar-refractivity contribution in [3.63, 3.8) is 0 Å². The predicted molar refractivity (Wildman–Crippen MR) is 69.2 cm³/mol. The minimum atomic E-state index is -1.15. The number of rotatable bonds is 1. The van der Waals surface area contributed by atoms with Gasteiger partial charge in [0.05, 0.1) is 13.2 Å². The molecule has 106 valence electrons. The summed E-state index contributed by atoms with van der Waals surface area (Å²) in [7, 11) is 0. The Morgan fingerprint density at radius 1 is 1.42 bits per heavy atom. The molecule has 1 unspecified atom stereocenters. The molecule has 4 nitrogen and oxygen atoms in total. The highest BCUT2D eigenvalue weighted by Crippen LogP contribution is 2.72. The molecule has 1 spiro atoms. The van der Waals surface area contributed by atoms with E-state index < -0.39 is 17.5 Å². The van der Waals surface area contributed by atoms with Crippen molar-refractivity contribution in [3.8, 4) is 0 Å². The lowest BCUT2D eigenvalue weighted by atomic mass is 9.57. The molecule has 0 bridgehead atoms. The lowest BCUT2D eigenvalue weighted by molar-refractivity contribution is -0.192. The third kappa shape index (κ3) is 1.29. The number of carbonyl (C=O) groups excluding carboxylic acids is 1. The van der Waals surface area contributed by atoms with Crippen LogP contribution in [0, 0.1) is 22.2 Å². The van der Waals surface area contributed by atoms with Gasteiger partial charge in [-0.3, -0.25) is 0 Å². The number of cyclic esters (lactones) is 1. The second kappa shape index (κ2) is 3.61. The monoisotopic (exact) mass is 266 g/mol. The first-order chi connectivity index (χ1) is 8.79. The summed E-state index contributed by atoms with van der Waals surface area (Å²) in [5, 5.41) is 20.3. The maximum atomic E-state index is 11.9. The third-order valence-corrected chi connectivity index (χ3v) is 5.83. The molecule has 4 heteroatoms. The Balaban J connectivity index is 2.22. The van der Waals surface area contributed by atoms with Crippen molar-refractivity contribution in [1.82, 2.24) is 0 Å². The molecule has 0 amide bonds. The topological polar surface area (TPSA) is 66.8 Å². The first-order valence-corrected chi connectivity index (χ1v) is 6.95. The van der Waals surface area contributed by atoms with Crippen molar-refractivity contribution in [2.24, 2.45) is 22.2 Å². The van der Waals surface area contributed by atoms with Crippen LogP contribution >= 0.6 is 0 Å². The Bertz CT molecular complexity index is 467. The lowest BCUT2D eigenvalue weighted by Crippen LogP contribution is -2.59. The van der Waals surface area contributed by atoms with Gasteiger partial charge in [-0.05, 0) is 29.7 Å². The molecular weight excluding hydrogens is 244 g/mol. The summed E-state index contributed by atoms with van der Waals surface area (Å²) in [4.78, 5) is 11.9. The van der Waals surface area contributed by atoms with Crippen LogP contribution in [-0.4, -0.2) is 35.5 Å². The van der Waals surface area contributed by atoms with Gasteiger partial charge in [-0.25, -0.2) is 4.79 Å². The van der Waals surface area contributed by atoms with E-state index in [9.17, 15) is 15.0 Å². The van der Waals surface area contributed by atoms with E-state index in [2.05, 4.69) is 20.8 Å². The fourth-order valence-electron chi connectivity index (χ4n) is 5.41. The van der Waals surface area contributed by atoms with Crippen LogP contribution < -0.4 is 0 Å². The zero-order valence-electron chi connectivity index (χ0n) is 11.8. The number of hydrogen-bond donors (Lipinski definition) is 2. The Morgan fingerprint density at radius 2 is 2.11 bits per heavy atom. The van der Waals surface area contributed by atoms with Gasteiger partial charge in [0.25, 0.3) is 0 Å². The van der Waals surface area contributed by atoms with Gasteiger partial charge >= 0.3 is 5.97 Å². The van der Waals surface area contributed by atoms with E-state index in [0.29, 0.717) is 6.61 Å². The van der Waals surface area contributed by atoms with Crippen LogP contribution in [0.15, 0.2) is 11.6 Å². The average molecular weight is 266 g/mol. The minimum Gasteiger partial charge on any atom is -0.463 e. The van der Waals surface area contributed by atoms with E-state index in [1.807, 2.05) is 6.08 Å². The molecule has 19 heavy (non-hydrogen) atoms. The molecule has 2 N–H and O–H groups in total. The normalized spacial score (nSPS) is 47.4. The minimum absolute atomic E-state index is 0.0249. The summed E-state index contributed by atoms with van der Waals surface area (Å²) in [6, 6.07) is 0. The van der Waals surface area contributed by atoms with Crippen LogP contribution in [0.1, 0.15) is 33.6 Å². The van der Waals surface area contributed by atoms with E-state index in [1.54, 1.807) is 0 Å². The number of hydrogen-bond acceptors (Lipinski definition) is 4. The number of esters is 1. The highest BCUT2D eigenvalue weighted by Gasteiger charge is 2.73. The molecular formula is C15H22O4. The van der Waals surface area contributed by atoms with Crippen LogP contribution in [0.25, 0.3) is 0 Å². The van der Waals surface area contributed by atoms with Gasteiger partial charge in [-0.2, -0.15) is 0 Å². The fraction of sp³-hybridized carbons (Fsp3) is 0.800. The second-order valence-electron chi connectivity index (χ2n) is 7.28. The van der Waals surface area contributed by atoms with Crippen molar-refractivity contribution in [3.05, 3.63) is 11.6 Å². The molecule has 1 saturated heterocycles. The molecule has 0 aromatic heterocycles. The molecule has 2 aliphatic carbocycles. The second-order valence-corrected chi connectivity index (χ2v) is 7.28.